The second kappa shape index (κ2) is 10.4. The van der Waals surface area contributed by atoms with Gasteiger partial charge in [0.1, 0.15) is 0 Å². The Balaban J connectivity index is 3.25. The van der Waals surface area contributed by atoms with E-state index < -0.39 is 0 Å². The Morgan fingerprint density at radius 1 is 1.31 bits per heavy atom. The molecule has 0 heterocycles. The third-order valence-corrected chi connectivity index (χ3v) is 2.61. The van der Waals surface area contributed by atoms with Crippen LogP contribution in [-0.2, 0) is 0 Å². The minimum atomic E-state index is 0.221. The summed E-state index contributed by atoms with van der Waals surface area (Å²) in [6, 6.07) is 0.479. The van der Waals surface area contributed by atoms with Gasteiger partial charge >= 0.3 is 0 Å². The Hall–Kier alpha value is 0.270. The molecule has 0 aromatic carbocycles. The molecule has 13 heavy (non-hydrogen) atoms. The van der Waals surface area contributed by atoms with Crippen molar-refractivity contribution in [2.24, 2.45) is 0 Å². The summed E-state index contributed by atoms with van der Waals surface area (Å²) in [4.78, 5) is 0. The van der Waals surface area contributed by atoms with Crippen LogP contribution in [0.3, 0.4) is 0 Å². The fourth-order valence-corrected chi connectivity index (χ4v) is 1.66. The van der Waals surface area contributed by atoms with Crippen molar-refractivity contribution in [1.29, 1.82) is 0 Å². The minimum Gasteiger partial charge on any atom is -0.395 e. The van der Waals surface area contributed by atoms with Gasteiger partial charge in [0.25, 0.3) is 0 Å². The van der Waals surface area contributed by atoms with Crippen LogP contribution >= 0.6 is 12.6 Å². The summed E-state index contributed by atoms with van der Waals surface area (Å²) in [6.45, 7) is 3.14. The van der Waals surface area contributed by atoms with Gasteiger partial charge in [0.15, 0.2) is 0 Å². The summed E-state index contributed by atoms with van der Waals surface area (Å²) in [5.74, 6) is 0.867. The molecule has 0 aliphatic rings. The van der Waals surface area contributed by atoms with Crippen molar-refractivity contribution < 1.29 is 5.11 Å². The minimum absolute atomic E-state index is 0.221. The lowest BCUT2D eigenvalue weighted by molar-refractivity contribution is 0.284. The van der Waals surface area contributed by atoms with E-state index >= 15 is 0 Å². The number of rotatable bonds is 9. The third kappa shape index (κ3) is 8.60. The molecule has 80 valence electrons. The predicted octanol–water partition coefficient (Wildman–Crippen LogP) is 1.84. The normalized spacial score (nSPS) is 13.2. The van der Waals surface area contributed by atoms with Crippen LogP contribution in [0.1, 0.15) is 39.0 Å². The largest absolute Gasteiger partial charge is 0.395 e. The van der Waals surface area contributed by atoms with Crippen molar-refractivity contribution in [3.63, 3.8) is 0 Å². The highest BCUT2D eigenvalue weighted by Crippen LogP contribution is 2.06. The number of aliphatic hydroxyl groups excluding tert-OH is 1. The monoisotopic (exact) mass is 205 g/mol. The molecule has 1 unspecified atom stereocenters. The summed E-state index contributed by atoms with van der Waals surface area (Å²) in [7, 11) is 0. The van der Waals surface area contributed by atoms with E-state index in [9.17, 15) is 0 Å². The van der Waals surface area contributed by atoms with Crippen molar-refractivity contribution in [1.82, 2.24) is 5.32 Å². The first-order valence-corrected chi connectivity index (χ1v) is 5.93. The van der Waals surface area contributed by atoms with Crippen LogP contribution in [0, 0.1) is 0 Å². The van der Waals surface area contributed by atoms with Crippen molar-refractivity contribution in [3.8, 4) is 0 Å². The van der Waals surface area contributed by atoms with Gasteiger partial charge in [-0.2, -0.15) is 12.6 Å². The molecule has 0 aromatic rings. The number of hydrogen-bond acceptors (Lipinski definition) is 3. The molecule has 0 aliphatic heterocycles. The molecule has 1 atom stereocenters. The number of unbranched alkanes of at least 4 members (excludes halogenated alkanes) is 3. The molecule has 2 nitrogen and oxygen atoms in total. The van der Waals surface area contributed by atoms with Crippen LogP contribution in [0.25, 0.3) is 0 Å². The van der Waals surface area contributed by atoms with E-state index in [2.05, 4.69) is 24.9 Å². The van der Waals surface area contributed by atoms with Gasteiger partial charge in [-0.3, -0.25) is 0 Å². The summed E-state index contributed by atoms with van der Waals surface area (Å²) >= 11 is 4.27. The van der Waals surface area contributed by atoms with Gasteiger partial charge in [-0.25, -0.2) is 0 Å². The zero-order valence-electron chi connectivity index (χ0n) is 8.63. The first-order chi connectivity index (χ1) is 6.35. The number of nitrogens with one attached hydrogen (secondary N) is 1. The predicted molar refractivity (Wildman–Crippen MR) is 61.5 cm³/mol. The highest BCUT2D eigenvalue weighted by Gasteiger charge is 2.03. The standard InChI is InChI=1S/C10H23NOS/c1-2-3-4-5-6-10(9-13)11-7-8-12/h10-13H,2-9H2,1H3. The van der Waals surface area contributed by atoms with Crippen molar-refractivity contribution >= 4 is 12.6 Å². The summed E-state index contributed by atoms with van der Waals surface area (Å²) in [5.41, 5.74) is 0. The smallest absolute Gasteiger partial charge is 0.0556 e. The Labute approximate surface area is 87.5 Å². The molecule has 0 fully saturated rings. The van der Waals surface area contributed by atoms with Crippen LogP contribution in [0.5, 0.6) is 0 Å². The molecule has 0 rings (SSSR count). The average Bonchev–Trinajstić information content (AvgIpc) is 2.17. The number of thiol groups is 1. The SMILES string of the molecule is CCCCCCC(CS)NCCO. The van der Waals surface area contributed by atoms with Gasteiger partial charge in [-0.05, 0) is 6.42 Å². The second-order valence-corrected chi connectivity index (χ2v) is 3.77. The molecule has 0 saturated heterocycles. The van der Waals surface area contributed by atoms with Crippen LogP contribution in [0.15, 0.2) is 0 Å². The first kappa shape index (κ1) is 13.3. The second-order valence-electron chi connectivity index (χ2n) is 3.41. The van der Waals surface area contributed by atoms with E-state index in [1.54, 1.807) is 0 Å². The van der Waals surface area contributed by atoms with Crippen LogP contribution in [0.2, 0.25) is 0 Å². The summed E-state index contributed by atoms with van der Waals surface area (Å²) in [6.07, 6.45) is 6.40. The van der Waals surface area contributed by atoms with E-state index in [0.29, 0.717) is 12.6 Å². The Kier molecular flexibility index (Phi) is 10.6. The summed E-state index contributed by atoms with van der Waals surface area (Å²) < 4.78 is 0. The lowest BCUT2D eigenvalue weighted by Gasteiger charge is -2.15. The summed E-state index contributed by atoms with van der Waals surface area (Å²) in [5, 5.41) is 11.9. The molecule has 0 aliphatic carbocycles. The fourth-order valence-electron chi connectivity index (χ4n) is 1.34. The first-order valence-electron chi connectivity index (χ1n) is 5.30. The maximum atomic E-state index is 8.63. The van der Waals surface area contributed by atoms with E-state index in [4.69, 9.17) is 5.11 Å². The van der Waals surface area contributed by atoms with Crippen LogP contribution in [0.4, 0.5) is 0 Å². The topological polar surface area (TPSA) is 32.3 Å². The molecular weight excluding hydrogens is 182 g/mol. The molecule has 0 spiro atoms. The van der Waals surface area contributed by atoms with Gasteiger partial charge < -0.3 is 10.4 Å². The maximum absolute atomic E-state index is 8.63. The Morgan fingerprint density at radius 3 is 2.62 bits per heavy atom. The molecule has 2 N–H and O–H groups in total. The molecule has 0 aromatic heterocycles. The maximum Gasteiger partial charge on any atom is 0.0556 e. The fraction of sp³-hybridized carbons (Fsp3) is 1.00. The Morgan fingerprint density at radius 2 is 2.08 bits per heavy atom. The van der Waals surface area contributed by atoms with Crippen LogP contribution < -0.4 is 5.32 Å². The van der Waals surface area contributed by atoms with E-state index in [0.717, 1.165) is 5.75 Å². The average molecular weight is 205 g/mol. The molecule has 0 saturated carbocycles. The van der Waals surface area contributed by atoms with Crippen LogP contribution in [-0.4, -0.2) is 30.1 Å². The van der Waals surface area contributed by atoms with E-state index in [-0.39, 0.29) is 6.61 Å². The van der Waals surface area contributed by atoms with E-state index in [1.165, 1.54) is 32.1 Å². The zero-order valence-corrected chi connectivity index (χ0v) is 9.52. The Bertz CT molecular complexity index is 101. The quantitative estimate of drug-likeness (QED) is 0.396. The van der Waals surface area contributed by atoms with Gasteiger partial charge in [0, 0.05) is 18.3 Å². The lowest BCUT2D eigenvalue weighted by atomic mass is 10.1. The molecular formula is C10H23NOS. The molecule has 0 amide bonds. The molecule has 0 radical (unpaired) electrons. The van der Waals surface area contributed by atoms with Gasteiger partial charge in [-0.15, -0.1) is 0 Å². The molecule has 0 bridgehead atoms. The van der Waals surface area contributed by atoms with Crippen molar-refractivity contribution in [3.05, 3.63) is 0 Å². The zero-order chi connectivity index (χ0) is 9.94. The van der Waals surface area contributed by atoms with Crippen molar-refractivity contribution in [2.45, 2.75) is 45.1 Å². The lowest BCUT2D eigenvalue weighted by Crippen LogP contribution is -2.32. The van der Waals surface area contributed by atoms with Gasteiger partial charge in [0.2, 0.25) is 0 Å². The van der Waals surface area contributed by atoms with Crippen molar-refractivity contribution in [2.75, 3.05) is 18.9 Å². The molecule has 3 heteroatoms. The third-order valence-electron chi connectivity index (χ3n) is 2.17. The highest BCUT2D eigenvalue weighted by atomic mass is 32.1. The van der Waals surface area contributed by atoms with E-state index in [1.807, 2.05) is 0 Å². The number of aliphatic hydroxyl groups is 1. The highest BCUT2D eigenvalue weighted by molar-refractivity contribution is 7.80. The van der Waals surface area contributed by atoms with Gasteiger partial charge in [0.05, 0.1) is 6.61 Å². The number of hydrogen-bond donors (Lipinski definition) is 3. The van der Waals surface area contributed by atoms with Gasteiger partial charge in [-0.1, -0.05) is 32.6 Å².